The number of rotatable bonds is 6. The van der Waals surface area contributed by atoms with Gasteiger partial charge in [-0.2, -0.15) is 0 Å². The van der Waals surface area contributed by atoms with Crippen LogP contribution in [0.25, 0.3) is 22.6 Å². The lowest BCUT2D eigenvalue weighted by Gasteiger charge is -2.15. The number of fused-ring (bicyclic) bond motifs is 1. The van der Waals surface area contributed by atoms with Crippen molar-refractivity contribution in [2.75, 3.05) is 12.4 Å². The van der Waals surface area contributed by atoms with Crippen molar-refractivity contribution in [1.29, 1.82) is 0 Å². The summed E-state index contributed by atoms with van der Waals surface area (Å²) < 4.78 is 16.7. The molecule has 1 amide bonds. The molecule has 0 aliphatic heterocycles. The molecule has 1 atom stereocenters. The molecule has 0 fully saturated rings. The van der Waals surface area contributed by atoms with Gasteiger partial charge in [-0.25, -0.2) is 4.98 Å². The topological polar surface area (TPSA) is 73.6 Å². The SMILES string of the molecule is COc1cccc(-c2nc3cc(NC(=O)[C@H](C)Oc4ccc(Cl)cc4Cl)ccc3o2)c1. The first-order valence-corrected chi connectivity index (χ1v) is 10.2. The van der Waals surface area contributed by atoms with E-state index < -0.39 is 6.10 Å². The van der Waals surface area contributed by atoms with Gasteiger partial charge in [-0.15, -0.1) is 0 Å². The highest BCUT2D eigenvalue weighted by molar-refractivity contribution is 6.35. The van der Waals surface area contributed by atoms with Crippen LogP contribution in [0.2, 0.25) is 10.0 Å². The minimum atomic E-state index is -0.779. The van der Waals surface area contributed by atoms with Gasteiger partial charge in [0.15, 0.2) is 11.7 Å². The van der Waals surface area contributed by atoms with Crippen molar-refractivity contribution in [3.05, 3.63) is 70.7 Å². The Hall–Kier alpha value is -3.22. The summed E-state index contributed by atoms with van der Waals surface area (Å²) in [6.45, 7) is 1.63. The van der Waals surface area contributed by atoms with E-state index in [9.17, 15) is 4.79 Å². The number of oxazole rings is 1. The van der Waals surface area contributed by atoms with Crippen LogP contribution in [0.1, 0.15) is 6.92 Å². The van der Waals surface area contributed by atoms with Crippen LogP contribution in [-0.4, -0.2) is 24.1 Å². The standard InChI is InChI=1S/C23H18Cl2N2O4/c1-13(30-20-8-6-15(24)11-18(20)25)22(28)26-16-7-9-21-19(12-16)27-23(31-21)14-4-3-5-17(10-14)29-2/h3-13H,1-2H3,(H,26,28)/t13-/m0/s1. The Morgan fingerprint density at radius 3 is 2.71 bits per heavy atom. The first kappa shape index (κ1) is 21.0. The second-order valence-electron chi connectivity index (χ2n) is 6.76. The molecule has 6 nitrogen and oxygen atoms in total. The molecule has 158 valence electrons. The third kappa shape index (κ3) is 4.76. The summed E-state index contributed by atoms with van der Waals surface area (Å²) in [6, 6.07) is 17.5. The highest BCUT2D eigenvalue weighted by Crippen LogP contribution is 2.30. The number of halogens is 2. The zero-order chi connectivity index (χ0) is 22.0. The van der Waals surface area contributed by atoms with E-state index in [0.29, 0.717) is 44.2 Å². The van der Waals surface area contributed by atoms with Crippen LogP contribution in [0.3, 0.4) is 0 Å². The average molecular weight is 457 g/mol. The molecule has 1 aromatic heterocycles. The smallest absolute Gasteiger partial charge is 0.265 e. The Morgan fingerprint density at radius 1 is 1.10 bits per heavy atom. The number of carbonyl (C=O) groups excluding carboxylic acids is 1. The second-order valence-corrected chi connectivity index (χ2v) is 7.60. The molecular formula is C23H18Cl2N2O4. The zero-order valence-corrected chi connectivity index (χ0v) is 18.2. The van der Waals surface area contributed by atoms with E-state index in [-0.39, 0.29) is 5.91 Å². The number of amides is 1. The molecule has 1 N–H and O–H groups in total. The van der Waals surface area contributed by atoms with E-state index in [1.807, 2.05) is 24.3 Å². The number of ether oxygens (including phenoxy) is 2. The van der Waals surface area contributed by atoms with Crippen molar-refractivity contribution in [3.63, 3.8) is 0 Å². The van der Waals surface area contributed by atoms with E-state index in [0.717, 1.165) is 5.56 Å². The van der Waals surface area contributed by atoms with E-state index in [4.69, 9.17) is 37.1 Å². The summed E-state index contributed by atoms with van der Waals surface area (Å²) in [7, 11) is 1.60. The lowest BCUT2D eigenvalue weighted by molar-refractivity contribution is -0.122. The number of benzene rings is 3. The average Bonchev–Trinajstić information content (AvgIpc) is 3.19. The second kappa shape index (κ2) is 8.88. The molecule has 0 unspecified atom stereocenters. The molecule has 0 bridgehead atoms. The van der Waals surface area contributed by atoms with E-state index >= 15 is 0 Å². The summed E-state index contributed by atoms with van der Waals surface area (Å²) >= 11 is 12.0. The maximum Gasteiger partial charge on any atom is 0.265 e. The Labute approximate surface area is 188 Å². The quantitative estimate of drug-likeness (QED) is 0.372. The maximum absolute atomic E-state index is 12.6. The third-order valence-electron chi connectivity index (χ3n) is 4.54. The lowest BCUT2D eigenvalue weighted by Crippen LogP contribution is -2.30. The van der Waals surface area contributed by atoms with Crippen LogP contribution in [-0.2, 0) is 4.79 Å². The van der Waals surface area contributed by atoms with Crippen LogP contribution in [0, 0.1) is 0 Å². The van der Waals surface area contributed by atoms with Gasteiger partial charge < -0.3 is 19.2 Å². The van der Waals surface area contributed by atoms with Gasteiger partial charge in [-0.05, 0) is 61.5 Å². The van der Waals surface area contributed by atoms with Crippen molar-refractivity contribution in [1.82, 2.24) is 4.98 Å². The molecule has 31 heavy (non-hydrogen) atoms. The zero-order valence-electron chi connectivity index (χ0n) is 16.7. The number of aromatic nitrogens is 1. The number of hydrogen-bond acceptors (Lipinski definition) is 5. The van der Waals surface area contributed by atoms with Crippen molar-refractivity contribution in [3.8, 4) is 23.0 Å². The van der Waals surface area contributed by atoms with Crippen LogP contribution in [0.4, 0.5) is 5.69 Å². The molecule has 0 saturated heterocycles. The summed E-state index contributed by atoms with van der Waals surface area (Å²) in [5.41, 5.74) is 2.58. The minimum absolute atomic E-state index is 0.332. The van der Waals surface area contributed by atoms with Crippen molar-refractivity contribution in [2.45, 2.75) is 13.0 Å². The summed E-state index contributed by atoms with van der Waals surface area (Å²) in [5, 5.41) is 3.64. The van der Waals surface area contributed by atoms with Crippen LogP contribution < -0.4 is 14.8 Å². The summed E-state index contributed by atoms with van der Waals surface area (Å²) in [5.74, 6) is 1.22. The monoisotopic (exact) mass is 456 g/mol. The van der Waals surface area contributed by atoms with Gasteiger partial charge in [0.25, 0.3) is 5.91 Å². The molecule has 4 aromatic rings. The molecular weight excluding hydrogens is 439 g/mol. The molecule has 4 rings (SSSR count). The van der Waals surface area contributed by atoms with Gasteiger partial charge in [0.2, 0.25) is 5.89 Å². The highest BCUT2D eigenvalue weighted by atomic mass is 35.5. The van der Waals surface area contributed by atoms with Gasteiger partial charge in [0, 0.05) is 16.3 Å². The minimum Gasteiger partial charge on any atom is -0.497 e. The Balaban J connectivity index is 1.49. The first-order valence-electron chi connectivity index (χ1n) is 9.40. The number of anilines is 1. The molecule has 3 aromatic carbocycles. The van der Waals surface area contributed by atoms with Gasteiger partial charge in [0.1, 0.15) is 17.0 Å². The van der Waals surface area contributed by atoms with Gasteiger partial charge in [-0.3, -0.25) is 4.79 Å². The molecule has 0 radical (unpaired) electrons. The molecule has 0 aliphatic carbocycles. The highest BCUT2D eigenvalue weighted by Gasteiger charge is 2.17. The van der Waals surface area contributed by atoms with E-state index in [1.165, 1.54) is 0 Å². The Kier molecular flexibility index (Phi) is 6.02. The fourth-order valence-corrected chi connectivity index (χ4v) is 3.40. The Morgan fingerprint density at radius 2 is 1.94 bits per heavy atom. The van der Waals surface area contributed by atoms with Crippen molar-refractivity contribution in [2.24, 2.45) is 0 Å². The molecule has 0 aliphatic rings. The molecule has 1 heterocycles. The summed E-state index contributed by atoms with van der Waals surface area (Å²) in [4.78, 5) is 17.1. The normalized spacial score (nSPS) is 11.9. The van der Waals surface area contributed by atoms with Gasteiger partial charge in [-0.1, -0.05) is 29.3 Å². The third-order valence-corrected chi connectivity index (χ3v) is 5.07. The van der Waals surface area contributed by atoms with Crippen molar-refractivity contribution >= 4 is 45.9 Å². The molecule has 0 saturated carbocycles. The van der Waals surface area contributed by atoms with Crippen LogP contribution >= 0.6 is 23.2 Å². The fraction of sp³-hybridized carbons (Fsp3) is 0.130. The first-order chi connectivity index (χ1) is 14.9. The number of hydrogen-bond donors (Lipinski definition) is 1. The predicted octanol–water partition coefficient (Wildman–Crippen LogP) is 6.22. The van der Waals surface area contributed by atoms with E-state index in [1.54, 1.807) is 50.4 Å². The van der Waals surface area contributed by atoms with Gasteiger partial charge in [0.05, 0.1) is 12.1 Å². The number of nitrogens with one attached hydrogen (secondary N) is 1. The molecule has 8 heteroatoms. The number of carbonyl (C=O) groups is 1. The summed E-state index contributed by atoms with van der Waals surface area (Å²) in [6.07, 6.45) is -0.779. The van der Waals surface area contributed by atoms with Crippen LogP contribution in [0.15, 0.2) is 65.1 Å². The Bertz CT molecular complexity index is 1260. The predicted molar refractivity (Wildman–Crippen MR) is 121 cm³/mol. The molecule has 0 spiro atoms. The van der Waals surface area contributed by atoms with Crippen LogP contribution in [0.5, 0.6) is 11.5 Å². The largest absolute Gasteiger partial charge is 0.497 e. The van der Waals surface area contributed by atoms with Crippen molar-refractivity contribution < 1.29 is 18.7 Å². The number of methoxy groups -OCH3 is 1. The number of nitrogens with zero attached hydrogens (tertiary/aromatic N) is 1. The lowest BCUT2D eigenvalue weighted by atomic mass is 10.2. The fourth-order valence-electron chi connectivity index (χ4n) is 2.94. The maximum atomic E-state index is 12.6. The van der Waals surface area contributed by atoms with E-state index in [2.05, 4.69) is 10.3 Å². The van der Waals surface area contributed by atoms with Gasteiger partial charge >= 0.3 is 0 Å².